The number of hydrogen-bond acceptors (Lipinski definition) is 3. The van der Waals surface area contributed by atoms with Crippen LogP contribution in [-0.4, -0.2) is 23.0 Å². The van der Waals surface area contributed by atoms with Crippen LogP contribution in [0.5, 0.6) is 0 Å². The van der Waals surface area contributed by atoms with Gasteiger partial charge in [0.05, 0.1) is 6.07 Å². The Morgan fingerprint density at radius 1 is 1.38 bits per heavy atom. The first-order valence-corrected chi connectivity index (χ1v) is 5.39. The maximum Gasteiger partial charge on any atom is 0.326 e. The molecule has 0 aliphatic carbocycles. The Hall–Kier alpha value is -1.57. The summed E-state index contributed by atoms with van der Waals surface area (Å²) in [4.78, 5) is 22.2. The number of carbonyl (C=O) groups is 2. The smallest absolute Gasteiger partial charge is 0.326 e. The normalized spacial score (nSPS) is 11.9. The zero-order valence-electron chi connectivity index (χ0n) is 9.69. The van der Waals surface area contributed by atoms with Crippen molar-refractivity contribution in [1.82, 2.24) is 5.32 Å². The van der Waals surface area contributed by atoms with Gasteiger partial charge in [0.25, 0.3) is 0 Å². The molecule has 5 heteroatoms. The number of nitrogens with one attached hydrogen (secondary N) is 1. The maximum absolute atomic E-state index is 11.3. The first-order chi connectivity index (χ1) is 7.49. The lowest BCUT2D eigenvalue weighted by atomic mass is 10.1. The summed E-state index contributed by atoms with van der Waals surface area (Å²) in [5.74, 6) is -1.50. The molecule has 0 bridgehead atoms. The highest BCUT2D eigenvalue weighted by atomic mass is 16.4. The van der Waals surface area contributed by atoms with Crippen LogP contribution in [0.25, 0.3) is 0 Å². The van der Waals surface area contributed by atoms with E-state index in [0.29, 0.717) is 25.7 Å². The predicted molar refractivity (Wildman–Crippen MR) is 58.5 cm³/mol. The molecule has 0 saturated carbocycles. The third-order valence-electron chi connectivity index (χ3n) is 2.17. The first-order valence-electron chi connectivity index (χ1n) is 5.39. The topological polar surface area (TPSA) is 90.2 Å². The summed E-state index contributed by atoms with van der Waals surface area (Å²) in [6, 6.07) is 1.16. The van der Waals surface area contributed by atoms with Crippen LogP contribution in [0.3, 0.4) is 0 Å². The van der Waals surface area contributed by atoms with E-state index < -0.39 is 12.0 Å². The van der Waals surface area contributed by atoms with Crippen molar-refractivity contribution in [1.29, 1.82) is 5.26 Å². The van der Waals surface area contributed by atoms with Crippen LogP contribution in [-0.2, 0) is 9.59 Å². The lowest BCUT2D eigenvalue weighted by Gasteiger charge is -2.15. The van der Waals surface area contributed by atoms with Crippen LogP contribution < -0.4 is 5.32 Å². The van der Waals surface area contributed by atoms with Gasteiger partial charge < -0.3 is 10.4 Å². The molecule has 90 valence electrons. The average molecular weight is 226 g/mol. The number of nitrogens with zero attached hydrogens (tertiary/aromatic N) is 1. The Kier molecular flexibility index (Phi) is 6.93. The Balaban J connectivity index is 4.04. The minimum Gasteiger partial charge on any atom is -0.480 e. The monoisotopic (exact) mass is 226 g/mol. The summed E-state index contributed by atoms with van der Waals surface area (Å²) < 4.78 is 0. The lowest BCUT2D eigenvalue weighted by Crippen LogP contribution is -2.42. The molecule has 0 radical (unpaired) electrons. The van der Waals surface area contributed by atoms with Gasteiger partial charge in [0, 0.05) is 12.3 Å². The number of rotatable bonds is 7. The summed E-state index contributed by atoms with van der Waals surface area (Å²) in [6.07, 6.45) is 2.08. The predicted octanol–water partition coefficient (Wildman–Crippen LogP) is 1.30. The van der Waals surface area contributed by atoms with Gasteiger partial charge in [-0.3, -0.25) is 4.79 Å². The second-order valence-electron chi connectivity index (χ2n) is 3.96. The van der Waals surface area contributed by atoms with E-state index in [1.165, 1.54) is 0 Å². The quantitative estimate of drug-likeness (QED) is 0.640. The molecule has 0 unspecified atom stereocenters. The van der Waals surface area contributed by atoms with E-state index in [4.69, 9.17) is 10.4 Å². The highest BCUT2D eigenvalue weighted by Gasteiger charge is 2.20. The van der Waals surface area contributed by atoms with Crippen molar-refractivity contribution in [3.8, 4) is 6.07 Å². The Bertz CT molecular complexity index is 281. The second-order valence-corrected chi connectivity index (χ2v) is 3.96. The first kappa shape index (κ1) is 14.4. The van der Waals surface area contributed by atoms with E-state index in [0.717, 1.165) is 0 Å². The molecular formula is C11H18N2O3. The number of carboxylic acid groups (broad SMARTS) is 1. The van der Waals surface area contributed by atoms with E-state index in [9.17, 15) is 9.59 Å². The molecule has 0 aliphatic heterocycles. The molecule has 0 heterocycles. The van der Waals surface area contributed by atoms with Gasteiger partial charge in [0.15, 0.2) is 0 Å². The van der Waals surface area contributed by atoms with Crippen molar-refractivity contribution in [2.75, 3.05) is 0 Å². The highest BCUT2D eigenvalue weighted by molar-refractivity contribution is 5.84. The van der Waals surface area contributed by atoms with Gasteiger partial charge in [-0.25, -0.2) is 4.79 Å². The van der Waals surface area contributed by atoms with Crippen LogP contribution in [0.15, 0.2) is 0 Å². The van der Waals surface area contributed by atoms with Crippen molar-refractivity contribution >= 4 is 11.9 Å². The molecule has 0 spiro atoms. The molecule has 1 amide bonds. The molecule has 16 heavy (non-hydrogen) atoms. The van der Waals surface area contributed by atoms with Gasteiger partial charge in [0.2, 0.25) is 5.91 Å². The van der Waals surface area contributed by atoms with Gasteiger partial charge >= 0.3 is 5.97 Å². The number of unbranched alkanes of at least 4 members (excludes halogenated alkanes) is 2. The fraction of sp³-hybridized carbons (Fsp3) is 0.727. The van der Waals surface area contributed by atoms with Crippen molar-refractivity contribution in [2.24, 2.45) is 5.92 Å². The third kappa shape index (κ3) is 6.02. The number of carboxylic acids is 1. The zero-order chi connectivity index (χ0) is 12.6. The van der Waals surface area contributed by atoms with Crippen molar-refractivity contribution < 1.29 is 14.7 Å². The molecule has 2 N–H and O–H groups in total. The number of carbonyl (C=O) groups excluding carboxylic acids is 1. The van der Waals surface area contributed by atoms with Crippen LogP contribution in [0.2, 0.25) is 0 Å². The fourth-order valence-electron chi connectivity index (χ4n) is 1.15. The highest BCUT2D eigenvalue weighted by Crippen LogP contribution is 2.05. The molecular weight excluding hydrogens is 208 g/mol. The van der Waals surface area contributed by atoms with E-state index in [2.05, 4.69) is 5.32 Å². The molecule has 0 aromatic carbocycles. The van der Waals surface area contributed by atoms with Gasteiger partial charge in [-0.05, 0) is 19.3 Å². The standard InChI is InChI=1S/C11H18N2O3/c1-8(2)10(14)13-9(11(15)16)6-4-3-5-7-12/h8-9H,3-6H2,1-2H3,(H,13,14)(H,15,16)/t9-/m1/s1. The van der Waals surface area contributed by atoms with E-state index in [-0.39, 0.29) is 11.8 Å². The minimum absolute atomic E-state index is 0.221. The molecule has 5 nitrogen and oxygen atoms in total. The van der Waals surface area contributed by atoms with Crippen LogP contribution in [0.1, 0.15) is 39.5 Å². The van der Waals surface area contributed by atoms with E-state index >= 15 is 0 Å². The Morgan fingerprint density at radius 3 is 2.44 bits per heavy atom. The fourth-order valence-corrected chi connectivity index (χ4v) is 1.15. The number of nitriles is 1. The van der Waals surface area contributed by atoms with Crippen molar-refractivity contribution in [3.05, 3.63) is 0 Å². The van der Waals surface area contributed by atoms with Crippen molar-refractivity contribution in [2.45, 2.75) is 45.6 Å². The number of aliphatic carboxylic acids is 1. The van der Waals surface area contributed by atoms with Crippen molar-refractivity contribution in [3.63, 3.8) is 0 Å². The SMILES string of the molecule is CC(C)C(=O)N[C@H](CCCCC#N)C(=O)O. The largest absolute Gasteiger partial charge is 0.480 e. The average Bonchev–Trinajstić information content (AvgIpc) is 2.21. The summed E-state index contributed by atoms with van der Waals surface area (Å²) in [6.45, 7) is 3.42. The van der Waals surface area contributed by atoms with Gasteiger partial charge in [-0.1, -0.05) is 13.8 Å². The van der Waals surface area contributed by atoms with Gasteiger partial charge in [0.1, 0.15) is 6.04 Å². The molecule has 0 fully saturated rings. The summed E-state index contributed by atoms with van der Waals surface area (Å²) in [5, 5.41) is 19.7. The van der Waals surface area contributed by atoms with Crippen LogP contribution in [0.4, 0.5) is 0 Å². The molecule has 0 aromatic rings. The van der Waals surface area contributed by atoms with E-state index in [1.54, 1.807) is 13.8 Å². The molecule has 1 atom stereocenters. The third-order valence-corrected chi connectivity index (χ3v) is 2.17. The molecule has 0 aromatic heterocycles. The Labute approximate surface area is 95.4 Å². The Morgan fingerprint density at radius 2 is 2.00 bits per heavy atom. The molecule has 0 rings (SSSR count). The lowest BCUT2D eigenvalue weighted by molar-refractivity contribution is -0.142. The maximum atomic E-state index is 11.3. The zero-order valence-corrected chi connectivity index (χ0v) is 9.69. The minimum atomic E-state index is -1.02. The summed E-state index contributed by atoms with van der Waals surface area (Å²) >= 11 is 0. The second kappa shape index (κ2) is 7.69. The molecule has 0 aliphatic rings. The van der Waals surface area contributed by atoms with Crippen LogP contribution >= 0.6 is 0 Å². The summed E-state index contributed by atoms with van der Waals surface area (Å²) in [5.41, 5.74) is 0. The number of hydrogen-bond donors (Lipinski definition) is 2. The van der Waals surface area contributed by atoms with E-state index in [1.807, 2.05) is 6.07 Å². The van der Waals surface area contributed by atoms with Gasteiger partial charge in [-0.2, -0.15) is 5.26 Å². The molecule has 0 saturated heterocycles. The number of amides is 1. The van der Waals surface area contributed by atoms with Crippen LogP contribution in [0, 0.1) is 17.2 Å². The summed E-state index contributed by atoms with van der Waals surface area (Å²) in [7, 11) is 0. The van der Waals surface area contributed by atoms with Gasteiger partial charge in [-0.15, -0.1) is 0 Å².